The number of ether oxygens (including phenoxy) is 2. The average Bonchev–Trinajstić information content (AvgIpc) is 3.10. The third kappa shape index (κ3) is 5.40. The number of aromatic nitrogens is 2. The highest BCUT2D eigenvalue weighted by Gasteiger charge is 2.28. The van der Waals surface area contributed by atoms with Crippen molar-refractivity contribution in [3.8, 4) is 5.75 Å². The van der Waals surface area contributed by atoms with Crippen LogP contribution in [0.3, 0.4) is 0 Å². The Bertz CT molecular complexity index is 1280. The quantitative estimate of drug-likeness (QED) is 0.382. The minimum atomic E-state index is -0.619. The Morgan fingerprint density at radius 2 is 1.86 bits per heavy atom. The van der Waals surface area contributed by atoms with Crippen molar-refractivity contribution in [1.82, 2.24) is 14.5 Å². The standard InChI is InChI=1S/C26H26FN3O5/c1-34-26(33)24-21-10-13-29(25(32)19-6-2-3-7-20(19)27)14-15-30(21)23(31)17-22(24)35-16-4-5-18-8-11-28-12-9-18/h2-3,6-9,11-12,17H,4-5,10,13-16H2,1H3. The van der Waals surface area contributed by atoms with E-state index in [1.807, 2.05) is 12.1 Å². The van der Waals surface area contributed by atoms with E-state index in [0.29, 0.717) is 18.7 Å². The Morgan fingerprint density at radius 1 is 1.09 bits per heavy atom. The second kappa shape index (κ2) is 10.9. The fraction of sp³-hybridized carbons (Fsp3) is 0.308. The number of hydrogen-bond donors (Lipinski definition) is 0. The van der Waals surface area contributed by atoms with Gasteiger partial charge >= 0.3 is 5.97 Å². The molecule has 35 heavy (non-hydrogen) atoms. The summed E-state index contributed by atoms with van der Waals surface area (Å²) in [4.78, 5) is 44.0. The van der Waals surface area contributed by atoms with Crippen LogP contribution >= 0.6 is 0 Å². The molecule has 8 nitrogen and oxygen atoms in total. The van der Waals surface area contributed by atoms with Gasteiger partial charge in [0.15, 0.2) is 0 Å². The number of benzene rings is 1. The summed E-state index contributed by atoms with van der Waals surface area (Å²) in [5.41, 5.74) is 1.36. The van der Waals surface area contributed by atoms with Crippen molar-refractivity contribution in [2.24, 2.45) is 0 Å². The predicted molar refractivity (Wildman–Crippen MR) is 126 cm³/mol. The van der Waals surface area contributed by atoms with Crippen LogP contribution in [0, 0.1) is 5.82 Å². The van der Waals surface area contributed by atoms with Crippen molar-refractivity contribution in [3.05, 3.63) is 93.4 Å². The number of methoxy groups -OCH3 is 1. The molecule has 0 saturated heterocycles. The predicted octanol–water partition coefficient (Wildman–Crippen LogP) is 2.88. The first-order valence-corrected chi connectivity index (χ1v) is 11.4. The van der Waals surface area contributed by atoms with Crippen LogP contribution in [0.25, 0.3) is 0 Å². The zero-order valence-electron chi connectivity index (χ0n) is 19.4. The Morgan fingerprint density at radius 3 is 2.60 bits per heavy atom. The molecule has 0 fully saturated rings. The SMILES string of the molecule is COC(=O)c1c(OCCCc2ccncc2)cc(=O)n2c1CCN(C(=O)c1ccccc1F)CC2. The maximum atomic E-state index is 14.2. The summed E-state index contributed by atoms with van der Waals surface area (Å²) in [6.07, 6.45) is 5.09. The van der Waals surface area contributed by atoms with Gasteiger partial charge in [0.25, 0.3) is 11.5 Å². The molecule has 0 aliphatic carbocycles. The van der Waals surface area contributed by atoms with Crippen LogP contribution in [0.1, 0.15) is 38.4 Å². The molecule has 0 saturated carbocycles. The molecular formula is C26H26FN3O5. The van der Waals surface area contributed by atoms with Gasteiger partial charge in [0.1, 0.15) is 17.1 Å². The maximum absolute atomic E-state index is 14.2. The number of carbonyl (C=O) groups is 2. The molecule has 0 N–H and O–H groups in total. The van der Waals surface area contributed by atoms with Crippen LogP contribution in [0.2, 0.25) is 0 Å². The van der Waals surface area contributed by atoms with Crippen LogP contribution in [-0.4, -0.2) is 53.1 Å². The largest absolute Gasteiger partial charge is 0.492 e. The van der Waals surface area contributed by atoms with Crippen molar-refractivity contribution in [1.29, 1.82) is 0 Å². The summed E-state index contributed by atoms with van der Waals surface area (Å²) in [5, 5.41) is 0. The molecule has 182 valence electrons. The molecule has 0 atom stereocenters. The molecule has 0 radical (unpaired) electrons. The summed E-state index contributed by atoms with van der Waals surface area (Å²) in [5.74, 6) is -1.52. The third-order valence-corrected chi connectivity index (χ3v) is 5.99. The summed E-state index contributed by atoms with van der Waals surface area (Å²) in [6.45, 7) is 0.878. The minimum absolute atomic E-state index is 0.0304. The highest BCUT2D eigenvalue weighted by atomic mass is 19.1. The summed E-state index contributed by atoms with van der Waals surface area (Å²) >= 11 is 0. The van der Waals surface area contributed by atoms with E-state index >= 15 is 0 Å². The van der Waals surface area contributed by atoms with Crippen molar-refractivity contribution < 1.29 is 23.5 Å². The van der Waals surface area contributed by atoms with Gasteiger partial charge < -0.3 is 18.9 Å². The van der Waals surface area contributed by atoms with E-state index < -0.39 is 17.7 Å². The molecule has 9 heteroatoms. The Kier molecular flexibility index (Phi) is 7.54. The van der Waals surface area contributed by atoms with Gasteiger partial charge in [-0.1, -0.05) is 12.1 Å². The number of rotatable bonds is 7. The number of pyridine rings is 2. The van der Waals surface area contributed by atoms with Gasteiger partial charge in [-0.3, -0.25) is 14.6 Å². The number of amides is 1. The van der Waals surface area contributed by atoms with E-state index in [1.54, 1.807) is 18.5 Å². The lowest BCUT2D eigenvalue weighted by Gasteiger charge is -2.20. The zero-order valence-corrected chi connectivity index (χ0v) is 19.4. The van der Waals surface area contributed by atoms with Crippen LogP contribution in [0.4, 0.5) is 4.39 Å². The summed E-state index contributed by atoms with van der Waals surface area (Å²) in [6, 6.07) is 10.9. The molecule has 3 aromatic rings. The topological polar surface area (TPSA) is 90.7 Å². The number of esters is 1. The zero-order chi connectivity index (χ0) is 24.8. The van der Waals surface area contributed by atoms with Crippen molar-refractivity contribution >= 4 is 11.9 Å². The lowest BCUT2D eigenvalue weighted by atomic mass is 10.1. The highest BCUT2D eigenvalue weighted by molar-refractivity contribution is 5.95. The van der Waals surface area contributed by atoms with E-state index in [4.69, 9.17) is 9.47 Å². The van der Waals surface area contributed by atoms with Crippen LogP contribution in [-0.2, 0) is 24.1 Å². The molecule has 1 aromatic carbocycles. The van der Waals surface area contributed by atoms with E-state index in [1.165, 1.54) is 40.8 Å². The maximum Gasteiger partial charge on any atom is 0.343 e. The first-order valence-electron chi connectivity index (χ1n) is 11.4. The van der Waals surface area contributed by atoms with Gasteiger partial charge in [-0.05, 0) is 42.7 Å². The van der Waals surface area contributed by atoms with Gasteiger partial charge in [-0.15, -0.1) is 0 Å². The van der Waals surface area contributed by atoms with Crippen LogP contribution in [0.5, 0.6) is 5.75 Å². The molecule has 4 rings (SSSR count). The number of nitrogens with zero attached hydrogens (tertiary/aromatic N) is 3. The molecular weight excluding hydrogens is 453 g/mol. The number of carbonyl (C=O) groups excluding carboxylic acids is 2. The van der Waals surface area contributed by atoms with E-state index in [9.17, 15) is 18.8 Å². The number of aryl methyl sites for hydroxylation is 1. The normalized spacial score (nSPS) is 13.0. The first-order chi connectivity index (χ1) is 17.0. The summed E-state index contributed by atoms with van der Waals surface area (Å²) in [7, 11) is 1.27. The molecule has 1 aliphatic heterocycles. The fourth-order valence-corrected chi connectivity index (χ4v) is 4.20. The summed E-state index contributed by atoms with van der Waals surface area (Å²) < 4.78 is 26.5. The molecule has 0 bridgehead atoms. The molecule has 2 aromatic heterocycles. The van der Waals surface area contributed by atoms with Gasteiger partial charge in [0.05, 0.1) is 19.3 Å². The number of hydrogen-bond acceptors (Lipinski definition) is 6. The molecule has 1 aliphatic rings. The Balaban J connectivity index is 1.55. The van der Waals surface area contributed by atoms with Crippen molar-refractivity contribution in [2.75, 3.05) is 26.8 Å². The van der Waals surface area contributed by atoms with Gasteiger partial charge in [0.2, 0.25) is 0 Å². The van der Waals surface area contributed by atoms with Gasteiger partial charge in [0, 0.05) is 50.2 Å². The number of halogens is 1. The van der Waals surface area contributed by atoms with Gasteiger partial charge in [-0.2, -0.15) is 0 Å². The lowest BCUT2D eigenvalue weighted by molar-refractivity contribution is 0.0593. The van der Waals surface area contributed by atoms with Crippen molar-refractivity contribution in [2.45, 2.75) is 25.8 Å². The Labute approximate surface area is 201 Å². The molecule has 0 unspecified atom stereocenters. The monoisotopic (exact) mass is 479 g/mol. The molecule has 0 spiro atoms. The van der Waals surface area contributed by atoms with E-state index in [-0.39, 0.29) is 48.5 Å². The van der Waals surface area contributed by atoms with Crippen LogP contribution in [0.15, 0.2) is 59.7 Å². The minimum Gasteiger partial charge on any atom is -0.492 e. The van der Waals surface area contributed by atoms with Gasteiger partial charge in [-0.25, -0.2) is 9.18 Å². The Hall–Kier alpha value is -4.01. The highest BCUT2D eigenvalue weighted by Crippen LogP contribution is 2.25. The fourth-order valence-electron chi connectivity index (χ4n) is 4.20. The molecule has 3 heterocycles. The smallest absolute Gasteiger partial charge is 0.343 e. The second-order valence-corrected chi connectivity index (χ2v) is 8.14. The molecule has 1 amide bonds. The average molecular weight is 480 g/mol. The lowest BCUT2D eigenvalue weighted by Crippen LogP contribution is -2.34. The second-order valence-electron chi connectivity index (χ2n) is 8.14. The number of fused-ring (bicyclic) bond motifs is 1. The third-order valence-electron chi connectivity index (χ3n) is 5.99. The van der Waals surface area contributed by atoms with E-state index in [2.05, 4.69) is 4.98 Å². The van der Waals surface area contributed by atoms with E-state index in [0.717, 1.165) is 12.0 Å². The first kappa shape index (κ1) is 24.1. The van der Waals surface area contributed by atoms with Crippen LogP contribution < -0.4 is 10.3 Å². The van der Waals surface area contributed by atoms with Crippen molar-refractivity contribution in [3.63, 3.8) is 0 Å².